The molecule has 1 aliphatic carbocycles. The SMILES string of the molecule is NNc1ncc(Br)cc1C(=O)NCCC1CCCC1. The highest BCUT2D eigenvalue weighted by atomic mass is 79.9. The Morgan fingerprint density at radius 1 is 1.47 bits per heavy atom. The molecule has 1 fully saturated rings. The zero-order chi connectivity index (χ0) is 13.7. The number of hydrogen-bond acceptors (Lipinski definition) is 4. The molecule has 0 unspecified atom stereocenters. The summed E-state index contributed by atoms with van der Waals surface area (Å²) in [5.41, 5.74) is 2.90. The number of nitrogens with one attached hydrogen (secondary N) is 2. The summed E-state index contributed by atoms with van der Waals surface area (Å²) in [7, 11) is 0. The zero-order valence-electron chi connectivity index (χ0n) is 10.8. The van der Waals surface area contributed by atoms with Crippen molar-refractivity contribution in [2.45, 2.75) is 32.1 Å². The van der Waals surface area contributed by atoms with Crippen LogP contribution >= 0.6 is 15.9 Å². The van der Waals surface area contributed by atoms with E-state index >= 15 is 0 Å². The van der Waals surface area contributed by atoms with Crippen LogP contribution in [0.4, 0.5) is 5.82 Å². The van der Waals surface area contributed by atoms with E-state index in [4.69, 9.17) is 5.84 Å². The first-order valence-electron chi connectivity index (χ1n) is 6.61. The summed E-state index contributed by atoms with van der Waals surface area (Å²) >= 11 is 3.30. The number of rotatable bonds is 5. The summed E-state index contributed by atoms with van der Waals surface area (Å²) in [5.74, 6) is 6.38. The van der Waals surface area contributed by atoms with Gasteiger partial charge in [0.25, 0.3) is 5.91 Å². The molecular weight excluding hydrogens is 308 g/mol. The van der Waals surface area contributed by atoms with E-state index in [-0.39, 0.29) is 5.91 Å². The number of halogens is 1. The molecule has 19 heavy (non-hydrogen) atoms. The minimum absolute atomic E-state index is 0.139. The molecule has 1 saturated carbocycles. The van der Waals surface area contributed by atoms with Gasteiger partial charge >= 0.3 is 0 Å². The zero-order valence-corrected chi connectivity index (χ0v) is 12.4. The lowest BCUT2D eigenvalue weighted by molar-refractivity contribution is 0.0952. The van der Waals surface area contributed by atoms with E-state index < -0.39 is 0 Å². The van der Waals surface area contributed by atoms with Crippen molar-refractivity contribution in [1.82, 2.24) is 10.3 Å². The molecule has 1 aromatic rings. The Hall–Kier alpha value is -1.14. The van der Waals surface area contributed by atoms with Crippen molar-refractivity contribution >= 4 is 27.7 Å². The minimum Gasteiger partial charge on any atom is -0.352 e. The molecule has 1 aliphatic rings. The van der Waals surface area contributed by atoms with Crippen LogP contribution in [-0.2, 0) is 0 Å². The maximum absolute atomic E-state index is 12.1. The van der Waals surface area contributed by atoms with Crippen molar-refractivity contribution in [3.8, 4) is 0 Å². The Bertz CT molecular complexity index is 446. The summed E-state index contributed by atoms with van der Waals surface area (Å²) < 4.78 is 0.757. The molecule has 0 radical (unpaired) electrons. The van der Waals surface area contributed by atoms with E-state index in [9.17, 15) is 4.79 Å². The number of nitrogens with zero attached hydrogens (tertiary/aromatic N) is 1. The number of nitrogens with two attached hydrogens (primary N) is 1. The molecule has 0 bridgehead atoms. The van der Waals surface area contributed by atoms with Crippen LogP contribution in [0.15, 0.2) is 16.7 Å². The third-order valence-corrected chi connectivity index (χ3v) is 3.98. The van der Waals surface area contributed by atoms with Crippen LogP contribution in [0.2, 0.25) is 0 Å². The highest BCUT2D eigenvalue weighted by Gasteiger charge is 2.16. The van der Waals surface area contributed by atoms with E-state index in [1.54, 1.807) is 12.3 Å². The molecule has 104 valence electrons. The minimum atomic E-state index is -0.139. The van der Waals surface area contributed by atoms with Crippen molar-refractivity contribution < 1.29 is 4.79 Å². The number of nitrogen functional groups attached to an aromatic ring is 1. The van der Waals surface area contributed by atoms with E-state index in [0.717, 1.165) is 16.8 Å². The van der Waals surface area contributed by atoms with Gasteiger partial charge in [-0.1, -0.05) is 25.7 Å². The number of hydrazine groups is 1. The molecule has 2 rings (SSSR count). The molecule has 1 aromatic heterocycles. The van der Waals surface area contributed by atoms with Gasteiger partial charge in [0.1, 0.15) is 0 Å². The van der Waals surface area contributed by atoms with E-state index in [1.165, 1.54) is 25.7 Å². The molecule has 1 amide bonds. The maximum Gasteiger partial charge on any atom is 0.255 e. The summed E-state index contributed by atoms with van der Waals surface area (Å²) in [6.07, 6.45) is 7.90. The van der Waals surface area contributed by atoms with Crippen molar-refractivity contribution in [2.75, 3.05) is 12.0 Å². The molecule has 0 aliphatic heterocycles. The number of carbonyl (C=O) groups excluding carboxylic acids is 1. The normalized spacial score (nSPS) is 15.5. The fourth-order valence-electron chi connectivity index (χ4n) is 2.51. The second-order valence-electron chi connectivity index (χ2n) is 4.89. The number of amides is 1. The predicted octanol–water partition coefficient (Wildman–Crippen LogP) is 2.44. The Balaban J connectivity index is 1.89. The van der Waals surface area contributed by atoms with Gasteiger partial charge in [0, 0.05) is 17.2 Å². The van der Waals surface area contributed by atoms with Gasteiger partial charge in [-0.2, -0.15) is 0 Å². The average molecular weight is 327 g/mol. The molecule has 0 spiro atoms. The third kappa shape index (κ3) is 3.91. The lowest BCUT2D eigenvalue weighted by Gasteiger charge is -2.11. The molecule has 6 heteroatoms. The lowest BCUT2D eigenvalue weighted by Crippen LogP contribution is -2.27. The number of carbonyl (C=O) groups is 1. The quantitative estimate of drug-likeness (QED) is 0.573. The molecule has 5 nitrogen and oxygen atoms in total. The second kappa shape index (κ2) is 6.86. The van der Waals surface area contributed by atoms with Gasteiger partial charge in [-0.15, -0.1) is 0 Å². The van der Waals surface area contributed by atoms with Gasteiger partial charge in [-0.25, -0.2) is 10.8 Å². The third-order valence-electron chi connectivity index (χ3n) is 3.55. The Morgan fingerprint density at radius 2 is 2.21 bits per heavy atom. The van der Waals surface area contributed by atoms with Gasteiger partial charge < -0.3 is 10.7 Å². The van der Waals surface area contributed by atoms with Crippen LogP contribution in [0.25, 0.3) is 0 Å². The number of anilines is 1. The first-order valence-corrected chi connectivity index (χ1v) is 7.40. The van der Waals surface area contributed by atoms with Crippen LogP contribution in [-0.4, -0.2) is 17.4 Å². The van der Waals surface area contributed by atoms with Crippen molar-refractivity contribution in [1.29, 1.82) is 0 Å². The van der Waals surface area contributed by atoms with Crippen molar-refractivity contribution in [2.24, 2.45) is 11.8 Å². The summed E-state index contributed by atoms with van der Waals surface area (Å²) in [5, 5.41) is 2.93. The van der Waals surface area contributed by atoms with E-state index in [0.29, 0.717) is 17.9 Å². The van der Waals surface area contributed by atoms with Crippen LogP contribution < -0.4 is 16.6 Å². The standard InChI is InChI=1S/C13H19BrN4O/c14-10-7-11(12(18-15)17-8-10)13(19)16-6-5-9-3-1-2-4-9/h7-9H,1-6,15H2,(H,16,19)(H,17,18). The lowest BCUT2D eigenvalue weighted by atomic mass is 10.0. The number of hydrogen-bond donors (Lipinski definition) is 3. The fraction of sp³-hybridized carbons (Fsp3) is 0.538. The Kier molecular flexibility index (Phi) is 5.15. The van der Waals surface area contributed by atoms with Crippen LogP contribution in [0.3, 0.4) is 0 Å². The average Bonchev–Trinajstić information content (AvgIpc) is 2.91. The monoisotopic (exact) mass is 326 g/mol. The first kappa shape index (κ1) is 14.3. The smallest absolute Gasteiger partial charge is 0.255 e. The van der Waals surface area contributed by atoms with Crippen LogP contribution in [0.5, 0.6) is 0 Å². The topological polar surface area (TPSA) is 80.0 Å². The van der Waals surface area contributed by atoms with Crippen LogP contribution in [0.1, 0.15) is 42.5 Å². The van der Waals surface area contributed by atoms with Gasteiger partial charge in [0.05, 0.1) is 5.56 Å². The molecule has 4 N–H and O–H groups in total. The van der Waals surface area contributed by atoms with E-state index in [2.05, 4.69) is 31.7 Å². The van der Waals surface area contributed by atoms with E-state index in [1.807, 2.05) is 0 Å². The molecular formula is C13H19BrN4O. The van der Waals surface area contributed by atoms with Gasteiger partial charge in [-0.3, -0.25) is 4.79 Å². The molecule has 0 saturated heterocycles. The highest BCUT2D eigenvalue weighted by Crippen LogP contribution is 2.27. The fourth-order valence-corrected chi connectivity index (χ4v) is 2.84. The Morgan fingerprint density at radius 3 is 2.89 bits per heavy atom. The summed E-state index contributed by atoms with van der Waals surface area (Å²) in [4.78, 5) is 16.1. The number of pyridine rings is 1. The molecule has 0 atom stereocenters. The largest absolute Gasteiger partial charge is 0.352 e. The maximum atomic E-state index is 12.1. The van der Waals surface area contributed by atoms with Crippen molar-refractivity contribution in [3.63, 3.8) is 0 Å². The summed E-state index contributed by atoms with van der Waals surface area (Å²) in [6, 6.07) is 1.72. The van der Waals surface area contributed by atoms with Crippen molar-refractivity contribution in [3.05, 3.63) is 22.3 Å². The van der Waals surface area contributed by atoms with Gasteiger partial charge in [0.15, 0.2) is 5.82 Å². The molecule has 0 aromatic carbocycles. The first-order chi connectivity index (χ1) is 9.20. The number of aromatic nitrogens is 1. The highest BCUT2D eigenvalue weighted by molar-refractivity contribution is 9.10. The Labute approximate surface area is 121 Å². The molecule has 1 heterocycles. The second-order valence-corrected chi connectivity index (χ2v) is 5.80. The van der Waals surface area contributed by atoms with Gasteiger partial charge in [0.2, 0.25) is 0 Å². The van der Waals surface area contributed by atoms with Crippen LogP contribution in [0, 0.1) is 5.92 Å². The predicted molar refractivity (Wildman–Crippen MR) is 78.7 cm³/mol. The summed E-state index contributed by atoms with van der Waals surface area (Å²) in [6.45, 7) is 0.708. The van der Waals surface area contributed by atoms with Gasteiger partial charge in [-0.05, 0) is 34.3 Å².